The first kappa shape index (κ1) is 26.7. The van der Waals surface area contributed by atoms with Crippen molar-refractivity contribution in [3.8, 4) is 0 Å². The second-order valence-corrected chi connectivity index (χ2v) is 10.1. The highest BCUT2D eigenvalue weighted by Crippen LogP contribution is 2.48. The molecule has 0 spiro atoms. The fourth-order valence-electron chi connectivity index (χ4n) is 4.51. The number of carbonyl (C=O) groups is 2. The summed E-state index contributed by atoms with van der Waals surface area (Å²) in [5.74, 6) is -1.05. The van der Waals surface area contributed by atoms with Gasteiger partial charge in [-0.15, -0.1) is 0 Å². The average Bonchev–Trinajstić information content (AvgIpc) is 3.35. The van der Waals surface area contributed by atoms with Gasteiger partial charge in [0.2, 0.25) is 5.91 Å². The molecule has 5 rings (SSSR count). The summed E-state index contributed by atoms with van der Waals surface area (Å²) in [4.78, 5) is 33.3. The fourth-order valence-corrected chi connectivity index (χ4v) is 5.67. The van der Waals surface area contributed by atoms with Crippen LogP contribution in [0.15, 0.2) is 101 Å². The standard InChI is InChI=1S/C30H25ClFN3O3S/c1-2-38-29(37)26-27(20-8-4-3-5-9-20)34-30-35(28(26)23-10-6-7-11-24(23)31)22(18-39-30)16-25(36)33-17-19-12-14-21(32)15-13-19/h3-15,18,28H,2,16-17H2,1H3,(H,33,36). The van der Waals surface area contributed by atoms with Crippen LogP contribution in [0.5, 0.6) is 0 Å². The van der Waals surface area contributed by atoms with Gasteiger partial charge in [-0.25, -0.2) is 14.2 Å². The van der Waals surface area contributed by atoms with E-state index in [2.05, 4.69) is 5.32 Å². The second-order valence-electron chi connectivity index (χ2n) is 8.84. The van der Waals surface area contributed by atoms with Gasteiger partial charge in [-0.05, 0) is 41.7 Å². The molecule has 1 amide bonds. The highest BCUT2D eigenvalue weighted by molar-refractivity contribution is 8.16. The lowest BCUT2D eigenvalue weighted by atomic mass is 9.91. The van der Waals surface area contributed by atoms with E-state index in [4.69, 9.17) is 21.3 Å². The van der Waals surface area contributed by atoms with Crippen LogP contribution in [-0.4, -0.2) is 28.6 Å². The molecule has 0 aromatic heterocycles. The van der Waals surface area contributed by atoms with Crippen molar-refractivity contribution in [2.45, 2.75) is 25.9 Å². The van der Waals surface area contributed by atoms with Gasteiger partial charge in [0.1, 0.15) is 5.82 Å². The predicted molar refractivity (Wildman–Crippen MR) is 152 cm³/mol. The number of hydrogen-bond donors (Lipinski definition) is 1. The van der Waals surface area contributed by atoms with Crippen molar-refractivity contribution in [3.63, 3.8) is 0 Å². The van der Waals surface area contributed by atoms with Crippen molar-refractivity contribution in [1.29, 1.82) is 0 Å². The Morgan fingerprint density at radius 3 is 2.49 bits per heavy atom. The SMILES string of the molecule is CCOC(=O)C1=C(c2ccccc2)N=C2SC=C(CC(=O)NCc3ccc(F)cc3)N2C1c1ccccc1Cl. The highest BCUT2D eigenvalue weighted by Gasteiger charge is 2.43. The molecule has 2 aliphatic heterocycles. The van der Waals surface area contributed by atoms with Crippen LogP contribution in [0.3, 0.4) is 0 Å². The third-order valence-corrected chi connectivity index (χ3v) is 7.53. The zero-order chi connectivity index (χ0) is 27.4. The molecule has 1 atom stereocenters. The van der Waals surface area contributed by atoms with E-state index in [1.54, 1.807) is 25.1 Å². The molecule has 0 radical (unpaired) electrons. The van der Waals surface area contributed by atoms with E-state index in [9.17, 15) is 14.0 Å². The highest BCUT2D eigenvalue weighted by atomic mass is 35.5. The lowest BCUT2D eigenvalue weighted by molar-refractivity contribution is -0.139. The molecule has 198 valence electrons. The number of halogens is 2. The molecule has 1 unspecified atom stereocenters. The minimum absolute atomic E-state index is 0.0466. The molecule has 39 heavy (non-hydrogen) atoms. The summed E-state index contributed by atoms with van der Waals surface area (Å²) >= 11 is 8.08. The number of hydrogen-bond acceptors (Lipinski definition) is 6. The van der Waals surface area contributed by atoms with E-state index in [-0.39, 0.29) is 31.3 Å². The van der Waals surface area contributed by atoms with Gasteiger partial charge in [0.15, 0.2) is 5.17 Å². The molecule has 0 saturated heterocycles. The first-order valence-electron chi connectivity index (χ1n) is 12.4. The van der Waals surface area contributed by atoms with Crippen molar-refractivity contribution in [2.24, 2.45) is 4.99 Å². The number of amidine groups is 1. The van der Waals surface area contributed by atoms with Crippen molar-refractivity contribution < 1.29 is 18.7 Å². The first-order valence-corrected chi connectivity index (χ1v) is 13.7. The number of aliphatic imine (C=N–C) groups is 1. The van der Waals surface area contributed by atoms with Crippen LogP contribution in [0.4, 0.5) is 4.39 Å². The Labute approximate surface area is 235 Å². The van der Waals surface area contributed by atoms with E-state index in [0.717, 1.165) is 11.1 Å². The summed E-state index contributed by atoms with van der Waals surface area (Å²) in [5, 5.41) is 5.87. The molecule has 2 aliphatic rings. The molecular formula is C30H25ClFN3O3S. The van der Waals surface area contributed by atoms with E-state index in [1.165, 1.54) is 23.9 Å². The van der Waals surface area contributed by atoms with Crippen LogP contribution in [0.2, 0.25) is 5.02 Å². The molecule has 3 aromatic carbocycles. The number of ether oxygens (including phenoxy) is 1. The quantitative estimate of drug-likeness (QED) is 0.320. The van der Waals surface area contributed by atoms with Gasteiger partial charge in [0.25, 0.3) is 0 Å². The number of nitrogens with zero attached hydrogens (tertiary/aromatic N) is 2. The fraction of sp³-hybridized carbons (Fsp3) is 0.167. The van der Waals surface area contributed by atoms with Crippen LogP contribution in [0, 0.1) is 5.82 Å². The Morgan fingerprint density at radius 1 is 1.05 bits per heavy atom. The number of benzene rings is 3. The van der Waals surface area contributed by atoms with Crippen molar-refractivity contribution in [2.75, 3.05) is 6.61 Å². The first-order chi connectivity index (χ1) is 19.0. The van der Waals surface area contributed by atoms with Crippen molar-refractivity contribution >= 4 is 46.1 Å². The van der Waals surface area contributed by atoms with Gasteiger partial charge in [-0.1, -0.05) is 84.0 Å². The summed E-state index contributed by atoms with van der Waals surface area (Å²) in [6.45, 7) is 2.21. The zero-order valence-corrected chi connectivity index (χ0v) is 22.6. The molecule has 0 saturated carbocycles. The molecular weight excluding hydrogens is 537 g/mol. The van der Waals surface area contributed by atoms with E-state index >= 15 is 0 Å². The van der Waals surface area contributed by atoms with Crippen LogP contribution < -0.4 is 5.32 Å². The number of rotatable bonds is 8. The largest absolute Gasteiger partial charge is 0.463 e. The lowest BCUT2D eigenvalue weighted by Gasteiger charge is -2.37. The molecule has 2 heterocycles. The Morgan fingerprint density at radius 2 is 1.77 bits per heavy atom. The summed E-state index contributed by atoms with van der Waals surface area (Å²) < 4.78 is 18.7. The van der Waals surface area contributed by atoms with Crippen LogP contribution in [0.1, 0.15) is 36.1 Å². The number of amides is 1. The van der Waals surface area contributed by atoms with Crippen LogP contribution in [0.25, 0.3) is 5.70 Å². The van der Waals surface area contributed by atoms with Gasteiger partial charge in [-0.2, -0.15) is 0 Å². The monoisotopic (exact) mass is 561 g/mol. The lowest BCUT2D eigenvalue weighted by Crippen LogP contribution is -2.38. The Balaban J connectivity index is 1.52. The minimum atomic E-state index is -0.661. The molecule has 6 nitrogen and oxygen atoms in total. The van der Waals surface area contributed by atoms with Crippen LogP contribution in [-0.2, 0) is 20.9 Å². The summed E-state index contributed by atoms with van der Waals surface area (Å²) in [5.41, 5.74) is 3.79. The number of esters is 1. The van der Waals surface area contributed by atoms with E-state index < -0.39 is 12.0 Å². The molecule has 0 aliphatic carbocycles. The molecule has 1 N–H and O–H groups in total. The average molecular weight is 562 g/mol. The Hall–Kier alpha value is -3.88. The number of fused-ring (bicyclic) bond motifs is 1. The molecule has 0 fully saturated rings. The summed E-state index contributed by atoms with van der Waals surface area (Å²) in [6, 6.07) is 22.1. The zero-order valence-electron chi connectivity index (χ0n) is 21.1. The second kappa shape index (κ2) is 11.9. The third kappa shape index (κ3) is 5.77. The molecule has 3 aromatic rings. The maximum atomic E-state index is 13.5. The van der Waals surface area contributed by atoms with Gasteiger partial charge in [0.05, 0.1) is 30.3 Å². The van der Waals surface area contributed by atoms with Crippen molar-refractivity contribution in [3.05, 3.63) is 123 Å². The maximum Gasteiger partial charge on any atom is 0.338 e. The topological polar surface area (TPSA) is 71.0 Å². The normalized spacial score (nSPS) is 16.4. The minimum Gasteiger partial charge on any atom is -0.463 e. The maximum absolute atomic E-state index is 13.5. The summed E-state index contributed by atoms with van der Waals surface area (Å²) in [7, 11) is 0. The Kier molecular flexibility index (Phi) is 8.14. The molecule has 0 bridgehead atoms. The van der Waals surface area contributed by atoms with Crippen molar-refractivity contribution in [1.82, 2.24) is 10.2 Å². The van der Waals surface area contributed by atoms with Gasteiger partial charge < -0.3 is 15.0 Å². The number of thioether (sulfide) groups is 1. The number of nitrogens with one attached hydrogen (secondary N) is 1. The van der Waals surface area contributed by atoms with E-state index in [1.807, 2.05) is 58.8 Å². The smallest absolute Gasteiger partial charge is 0.338 e. The van der Waals surface area contributed by atoms with Gasteiger partial charge in [-0.3, -0.25) is 4.79 Å². The van der Waals surface area contributed by atoms with Crippen LogP contribution >= 0.6 is 23.4 Å². The third-order valence-electron chi connectivity index (χ3n) is 6.30. The predicted octanol–water partition coefficient (Wildman–Crippen LogP) is 6.46. The van der Waals surface area contributed by atoms with Gasteiger partial charge in [0, 0.05) is 22.8 Å². The molecule has 9 heteroatoms. The van der Waals surface area contributed by atoms with Gasteiger partial charge >= 0.3 is 5.97 Å². The summed E-state index contributed by atoms with van der Waals surface area (Å²) in [6.07, 6.45) is 0.0466. The Bertz CT molecular complexity index is 1490. The van der Waals surface area contributed by atoms with E-state index in [0.29, 0.717) is 32.7 Å². The number of carbonyl (C=O) groups excluding carboxylic acids is 2.